The highest BCUT2D eigenvalue weighted by molar-refractivity contribution is 7.90. The molecule has 1 amide bonds. The maximum atomic E-state index is 13.2. The first-order valence-electron chi connectivity index (χ1n) is 10.1. The van der Waals surface area contributed by atoms with Gasteiger partial charge in [-0.15, -0.1) is 0 Å². The van der Waals surface area contributed by atoms with Gasteiger partial charge in [0.25, 0.3) is 0 Å². The van der Waals surface area contributed by atoms with Crippen LogP contribution in [0.25, 0.3) is 0 Å². The van der Waals surface area contributed by atoms with Gasteiger partial charge in [-0.05, 0) is 42.7 Å². The second kappa shape index (κ2) is 9.35. The summed E-state index contributed by atoms with van der Waals surface area (Å²) >= 11 is 6.25. The summed E-state index contributed by atoms with van der Waals surface area (Å²) in [6, 6.07) is 8.26. The first-order chi connectivity index (χ1) is 14.2. The number of hydrogen-bond acceptors (Lipinski definition) is 5. The third-order valence-corrected chi connectivity index (χ3v) is 7.12. The summed E-state index contributed by atoms with van der Waals surface area (Å²) in [5, 5.41) is 0.0912. The van der Waals surface area contributed by atoms with Gasteiger partial charge in [-0.2, -0.15) is 0 Å². The molecule has 0 radical (unpaired) electrons. The average Bonchev–Trinajstić information content (AvgIpc) is 3.20. The number of anilines is 3. The van der Waals surface area contributed by atoms with Crippen LogP contribution in [0.5, 0.6) is 0 Å². The van der Waals surface area contributed by atoms with E-state index >= 15 is 0 Å². The molecule has 1 aromatic carbocycles. The summed E-state index contributed by atoms with van der Waals surface area (Å²) in [5.74, 6) is 1.01. The number of sulfone groups is 1. The number of hydrogen-bond donors (Lipinski definition) is 0. The zero-order valence-electron chi connectivity index (χ0n) is 17.6. The Kier molecular flexibility index (Phi) is 7.03. The lowest BCUT2D eigenvalue weighted by molar-refractivity contribution is -0.118. The fourth-order valence-electron chi connectivity index (χ4n) is 3.85. The Balaban J connectivity index is 1.94. The fourth-order valence-corrected chi connectivity index (χ4v) is 5.17. The molecule has 0 atom stereocenters. The van der Waals surface area contributed by atoms with E-state index in [0.717, 1.165) is 18.4 Å². The second-order valence-corrected chi connectivity index (χ2v) is 10.5. The zero-order valence-corrected chi connectivity index (χ0v) is 19.2. The molecule has 6 nitrogen and oxygen atoms in total. The Morgan fingerprint density at radius 3 is 2.33 bits per heavy atom. The van der Waals surface area contributed by atoms with Crippen LogP contribution in [0.2, 0.25) is 5.02 Å². The van der Waals surface area contributed by atoms with Gasteiger partial charge in [0, 0.05) is 26.8 Å². The minimum atomic E-state index is -3.45. The van der Waals surface area contributed by atoms with Crippen LogP contribution in [0, 0.1) is 5.92 Å². The Morgan fingerprint density at radius 2 is 1.80 bits per heavy atom. The molecule has 0 saturated heterocycles. The van der Waals surface area contributed by atoms with E-state index in [1.54, 1.807) is 18.3 Å². The van der Waals surface area contributed by atoms with Crippen molar-refractivity contribution >= 4 is 44.5 Å². The summed E-state index contributed by atoms with van der Waals surface area (Å²) in [4.78, 5) is 21.2. The Labute approximate surface area is 183 Å². The van der Waals surface area contributed by atoms with Crippen molar-refractivity contribution in [3.8, 4) is 0 Å². The van der Waals surface area contributed by atoms with Crippen molar-refractivity contribution < 1.29 is 13.2 Å². The molecule has 0 aliphatic heterocycles. The zero-order chi connectivity index (χ0) is 21.9. The van der Waals surface area contributed by atoms with Gasteiger partial charge in [0.05, 0.1) is 27.5 Å². The maximum Gasteiger partial charge on any atom is 0.232 e. The van der Waals surface area contributed by atoms with Crippen molar-refractivity contribution in [2.24, 2.45) is 5.92 Å². The van der Waals surface area contributed by atoms with Gasteiger partial charge in [-0.1, -0.05) is 37.3 Å². The summed E-state index contributed by atoms with van der Waals surface area (Å²) in [6.07, 6.45) is 8.90. The number of benzene rings is 1. The van der Waals surface area contributed by atoms with E-state index in [-0.39, 0.29) is 15.8 Å². The number of carbonyl (C=O) groups excluding carboxylic acids is 1. The first kappa shape index (κ1) is 22.6. The number of nitrogens with zero attached hydrogens (tertiary/aromatic N) is 3. The third-order valence-electron chi connectivity index (χ3n) is 5.54. The van der Waals surface area contributed by atoms with Gasteiger partial charge in [0.2, 0.25) is 5.91 Å². The topological polar surface area (TPSA) is 70.6 Å². The van der Waals surface area contributed by atoms with Gasteiger partial charge in [-0.3, -0.25) is 9.69 Å². The SMILES string of the molecule is CN(C)c1ccc(N(C(=O)CCC2CCCC2)c2ccc(S(C)(=O)=O)c(Cl)c2)nc1. The van der Waals surface area contributed by atoms with Crippen molar-refractivity contribution in [2.45, 2.75) is 43.4 Å². The maximum absolute atomic E-state index is 13.2. The van der Waals surface area contributed by atoms with E-state index in [1.807, 2.05) is 25.1 Å². The highest BCUT2D eigenvalue weighted by Gasteiger charge is 2.24. The molecule has 30 heavy (non-hydrogen) atoms. The number of amides is 1. The molecule has 3 rings (SSSR count). The summed E-state index contributed by atoms with van der Waals surface area (Å²) in [5.41, 5.74) is 1.43. The van der Waals surface area contributed by atoms with Crippen molar-refractivity contribution in [2.75, 3.05) is 30.2 Å². The van der Waals surface area contributed by atoms with Gasteiger partial charge in [-0.25, -0.2) is 13.4 Å². The van der Waals surface area contributed by atoms with Crippen LogP contribution in [0.1, 0.15) is 38.5 Å². The van der Waals surface area contributed by atoms with Crippen LogP contribution in [-0.2, 0) is 14.6 Å². The quantitative estimate of drug-likeness (QED) is 0.604. The van der Waals surface area contributed by atoms with E-state index in [0.29, 0.717) is 23.8 Å². The van der Waals surface area contributed by atoms with Crippen LogP contribution >= 0.6 is 11.6 Å². The molecule has 1 aromatic heterocycles. The fraction of sp³-hybridized carbons (Fsp3) is 0.455. The molecule has 0 N–H and O–H groups in total. The molecule has 0 bridgehead atoms. The average molecular weight is 450 g/mol. The predicted molar refractivity (Wildman–Crippen MR) is 121 cm³/mol. The van der Waals surface area contributed by atoms with E-state index in [2.05, 4.69) is 4.98 Å². The number of aromatic nitrogens is 1. The normalized spacial score (nSPS) is 14.7. The predicted octanol–water partition coefficient (Wildman–Crippen LogP) is 4.84. The number of rotatable bonds is 7. The van der Waals surface area contributed by atoms with Crippen LogP contribution in [0.15, 0.2) is 41.4 Å². The molecule has 1 aliphatic rings. The van der Waals surface area contributed by atoms with Gasteiger partial charge >= 0.3 is 0 Å². The smallest absolute Gasteiger partial charge is 0.232 e. The summed E-state index contributed by atoms with van der Waals surface area (Å²) in [6.45, 7) is 0. The lowest BCUT2D eigenvalue weighted by Gasteiger charge is -2.24. The summed E-state index contributed by atoms with van der Waals surface area (Å²) in [7, 11) is 0.389. The van der Waals surface area contributed by atoms with E-state index in [1.165, 1.54) is 42.7 Å². The molecular formula is C22H28ClN3O3S. The monoisotopic (exact) mass is 449 g/mol. The molecule has 1 aliphatic carbocycles. The van der Waals surface area contributed by atoms with E-state index in [4.69, 9.17) is 11.6 Å². The molecule has 1 fully saturated rings. The standard InChI is InChI=1S/C22H28ClN3O3S/c1-25(2)18-10-12-21(24-15-18)26(22(27)13-8-16-6-4-5-7-16)17-9-11-20(19(23)14-17)30(3,28)29/h9-12,14-16H,4-8,13H2,1-3H3. The highest BCUT2D eigenvalue weighted by Crippen LogP contribution is 2.33. The Hall–Kier alpha value is -2.12. The second-order valence-electron chi connectivity index (χ2n) is 8.07. The lowest BCUT2D eigenvalue weighted by atomic mass is 10.0. The first-order valence-corrected chi connectivity index (χ1v) is 12.4. The van der Waals surface area contributed by atoms with Crippen molar-refractivity contribution in [3.63, 3.8) is 0 Å². The van der Waals surface area contributed by atoms with Crippen LogP contribution in [0.4, 0.5) is 17.2 Å². The van der Waals surface area contributed by atoms with Crippen molar-refractivity contribution in [1.29, 1.82) is 0 Å². The van der Waals surface area contributed by atoms with Crippen LogP contribution < -0.4 is 9.80 Å². The van der Waals surface area contributed by atoms with Gasteiger partial charge in [0.15, 0.2) is 9.84 Å². The highest BCUT2D eigenvalue weighted by atomic mass is 35.5. The van der Waals surface area contributed by atoms with Crippen molar-refractivity contribution in [3.05, 3.63) is 41.6 Å². The molecule has 162 valence electrons. The molecule has 0 unspecified atom stereocenters. The molecule has 1 heterocycles. The minimum Gasteiger partial charge on any atom is -0.376 e. The number of carbonyl (C=O) groups is 1. The largest absolute Gasteiger partial charge is 0.376 e. The Bertz CT molecular complexity index is 1000. The molecule has 2 aromatic rings. The van der Waals surface area contributed by atoms with Gasteiger partial charge in [0.1, 0.15) is 5.82 Å². The third kappa shape index (κ3) is 5.32. The lowest BCUT2D eigenvalue weighted by Crippen LogP contribution is -2.27. The molecule has 8 heteroatoms. The van der Waals surface area contributed by atoms with Crippen molar-refractivity contribution in [1.82, 2.24) is 4.98 Å². The van der Waals surface area contributed by atoms with Crippen LogP contribution in [0.3, 0.4) is 0 Å². The molecule has 0 spiro atoms. The number of pyridine rings is 1. The summed E-state index contributed by atoms with van der Waals surface area (Å²) < 4.78 is 23.8. The minimum absolute atomic E-state index is 0.0437. The number of halogens is 1. The molecular weight excluding hydrogens is 422 g/mol. The van der Waals surface area contributed by atoms with E-state index < -0.39 is 9.84 Å². The Morgan fingerprint density at radius 1 is 1.13 bits per heavy atom. The van der Waals surface area contributed by atoms with Gasteiger partial charge < -0.3 is 4.90 Å². The molecule has 1 saturated carbocycles. The van der Waals surface area contributed by atoms with Crippen LogP contribution in [-0.4, -0.2) is 39.7 Å². The van der Waals surface area contributed by atoms with E-state index in [9.17, 15) is 13.2 Å².